The molecular weight excluding hydrogens is 401 g/mol. The first-order chi connectivity index (χ1) is 12.8. The summed E-state index contributed by atoms with van der Waals surface area (Å²) >= 11 is 3.95. The van der Waals surface area contributed by atoms with Gasteiger partial charge in [-0.25, -0.2) is 0 Å². The Hall–Kier alpha value is -1.33. The fraction of sp³-hybridized carbons (Fsp3) is 0.217. The zero-order valence-electron chi connectivity index (χ0n) is 16.3. The van der Waals surface area contributed by atoms with E-state index in [0.717, 1.165) is 0 Å². The van der Waals surface area contributed by atoms with Crippen LogP contribution in [0.5, 0.6) is 0 Å². The maximum Gasteiger partial charge on any atom is 0.209 e. The van der Waals surface area contributed by atoms with E-state index in [9.17, 15) is 0 Å². The van der Waals surface area contributed by atoms with E-state index < -0.39 is 8.07 Å². The van der Waals surface area contributed by atoms with Crippen molar-refractivity contribution in [1.29, 1.82) is 0 Å². The average molecular weight is 424 g/mol. The number of fused-ring (bicyclic) bond motifs is 6. The number of hydrogen-bond acceptors (Lipinski definition) is 2. The van der Waals surface area contributed by atoms with Crippen molar-refractivity contribution >= 4 is 87.9 Å². The molecular formula is C23H23S3Si+. The van der Waals surface area contributed by atoms with Crippen LogP contribution in [-0.4, -0.2) is 20.6 Å². The van der Waals surface area contributed by atoms with Gasteiger partial charge in [0.2, 0.25) is 4.21 Å². The van der Waals surface area contributed by atoms with Gasteiger partial charge < -0.3 is 0 Å². The molecule has 2 heterocycles. The second-order valence-electron chi connectivity index (χ2n) is 8.49. The Labute approximate surface area is 172 Å². The van der Waals surface area contributed by atoms with Gasteiger partial charge in [-0.15, -0.1) is 11.3 Å². The third-order valence-electron chi connectivity index (χ3n) is 5.27. The first-order valence-electron chi connectivity index (χ1n) is 9.22. The fourth-order valence-electron chi connectivity index (χ4n) is 3.73. The summed E-state index contributed by atoms with van der Waals surface area (Å²) in [7, 11) is -0.963. The van der Waals surface area contributed by atoms with Crippen molar-refractivity contribution in [2.75, 3.05) is 12.5 Å². The minimum atomic E-state index is -1.28. The predicted octanol–water partition coefficient (Wildman–Crippen LogP) is 7.20. The van der Waals surface area contributed by atoms with Crippen LogP contribution in [0, 0.1) is 0 Å². The van der Waals surface area contributed by atoms with Gasteiger partial charge in [-0.1, -0.05) is 43.1 Å². The molecule has 4 heteroatoms. The Morgan fingerprint density at radius 1 is 0.667 bits per heavy atom. The molecule has 0 spiro atoms. The predicted molar refractivity (Wildman–Crippen MR) is 133 cm³/mol. The Kier molecular flexibility index (Phi) is 4.00. The van der Waals surface area contributed by atoms with Crippen molar-refractivity contribution in [1.82, 2.24) is 0 Å². The molecule has 0 amide bonds. The maximum absolute atomic E-state index is 2.47. The van der Waals surface area contributed by atoms with Crippen molar-refractivity contribution in [2.45, 2.75) is 23.9 Å². The Morgan fingerprint density at radius 3 is 1.78 bits per heavy atom. The van der Waals surface area contributed by atoms with E-state index in [4.69, 9.17) is 0 Å². The molecule has 5 aromatic rings. The SMILES string of the molecule is C[S+](C)c1cc2c(ccc3cc4c(ccc5sc([Si](C)(C)C)cc54)cc32)s1. The van der Waals surface area contributed by atoms with E-state index in [1.54, 1.807) is 4.50 Å². The number of hydrogen-bond donors (Lipinski definition) is 0. The second kappa shape index (κ2) is 6.08. The van der Waals surface area contributed by atoms with E-state index in [-0.39, 0.29) is 0 Å². The molecule has 0 radical (unpaired) electrons. The summed E-state index contributed by atoms with van der Waals surface area (Å²) < 4.78 is 5.95. The summed E-state index contributed by atoms with van der Waals surface area (Å²) in [6, 6.07) is 19.0. The van der Waals surface area contributed by atoms with Gasteiger partial charge in [0.05, 0.1) is 8.07 Å². The van der Waals surface area contributed by atoms with Crippen LogP contribution >= 0.6 is 22.7 Å². The molecule has 27 heavy (non-hydrogen) atoms. The summed E-state index contributed by atoms with van der Waals surface area (Å²) in [5.74, 6) is 0. The highest BCUT2D eigenvalue weighted by Gasteiger charge is 2.20. The molecule has 0 bridgehead atoms. The second-order valence-corrected chi connectivity index (χ2v) is 18.4. The Bertz CT molecular complexity index is 1330. The smallest absolute Gasteiger partial charge is 0.145 e. The topological polar surface area (TPSA) is 0 Å². The van der Waals surface area contributed by atoms with Crippen LogP contribution in [0.4, 0.5) is 0 Å². The van der Waals surface area contributed by atoms with E-state index >= 15 is 0 Å². The lowest BCUT2D eigenvalue weighted by atomic mass is 9.99. The molecule has 0 saturated carbocycles. The Balaban J connectivity index is 1.84. The van der Waals surface area contributed by atoms with Crippen molar-refractivity contribution in [2.24, 2.45) is 0 Å². The van der Waals surface area contributed by atoms with Gasteiger partial charge in [-0.05, 0) is 56.4 Å². The van der Waals surface area contributed by atoms with Crippen LogP contribution in [0.25, 0.3) is 41.7 Å². The summed E-state index contributed by atoms with van der Waals surface area (Å²) in [5, 5.41) is 8.38. The van der Waals surface area contributed by atoms with Gasteiger partial charge in [0.1, 0.15) is 12.5 Å². The monoisotopic (exact) mass is 423 g/mol. The highest BCUT2D eigenvalue weighted by molar-refractivity contribution is 7.97. The van der Waals surface area contributed by atoms with Gasteiger partial charge in [0.25, 0.3) is 0 Å². The van der Waals surface area contributed by atoms with E-state index in [0.29, 0.717) is 10.9 Å². The third-order valence-corrected chi connectivity index (χ3v) is 13.0. The summed E-state index contributed by atoms with van der Waals surface area (Å²) in [6.07, 6.45) is 4.62. The van der Waals surface area contributed by atoms with Crippen molar-refractivity contribution in [3.8, 4) is 0 Å². The van der Waals surface area contributed by atoms with Crippen LogP contribution in [0.1, 0.15) is 0 Å². The van der Waals surface area contributed by atoms with Crippen molar-refractivity contribution in [3.63, 3.8) is 0 Å². The van der Waals surface area contributed by atoms with Crippen molar-refractivity contribution < 1.29 is 0 Å². The molecule has 136 valence electrons. The molecule has 5 rings (SSSR count). The standard InChI is InChI=1S/C23H23S3Si/c1-26(2)22-12-18-16-10-15-7-9-21-19(13-23(25-21)27(3,4)5)17(15)11-14(16)6-8-20(18)24-22/h6-13H,1-5H3/q+1. The molecule has 0 saturated heterocycles. The average Bonchev–Trinajstić information content (AvgIpc) is 3.24. The van der Waals surface area contributed by atoms with Gasteiger partial charge >= 0.3 is 0 Å². The summed E-state index contributed by atoms with van der Waals surface area (Å²) in [5.41, 5.74) is 0. The van der Waals surface area contributed by atoms with Crippen molar-refractivity contribution in [3.05, 3.63) is 48.5 Å². The van der Waals surface area contributed by atoms with E-state index in [2.05, 4.69) is 80.7 Å². The number of benzene rings is 3. The minimum Gasteiger partial charge on any atom is -0.145 e. The first-order valence-corrected chi connectivity index (χ1v) is 16.4. The zero-order chi connectivity index (χ0) is 18.9. The molecule has 0 nitrogen and oxygen atoms in total. The zero-order valence-corrected chi connectivity index (χ0v) is 19.8. The summed E-state index contributed by atoms with van der Waals surface area (Å²) in [6.45, 7) is 7.32. The molecule has 0 N–H and O–H groups in total. The van der Waals surface area contributed by atoms with Crippen LogP contribution in [-0.2, 0) is 10.9 Å². The van der Waals surface area contributed by atoms with Crippen LogP contribution in [0.2, 0.25) is 19.6 Å². The van der Waals surface area contributed by atoms with Gasteiger partial charge in [-0.3, -0.25) is 0 Å². The van der Waals surface area contributed by atoms with E-state index in [1.165, 1.54) is 45.9 Å². The molecule has 0 unspecified atom stereocenters. The lowest BCUT2D eigenvalue weighted by Crippen LogP contribution is -2.34. The molecule has 2 aromatic heterocycles. The van der Waals surface area contributed by atoms with E-state index in [1.807, 2.05) is 22.7 Å². The minimum absolute atomic E-state index is 0.318. The lowest BCUT2D eigenvalue weighted by molar-refractivity contribution is 1.75. The normalized spacial score (nSPS) is 13.0. The van der Waals surface area contributed by atoms with Crippen LogP contribution < -0.4 is 4.50 Å². The van der Waals surface area contributed by atoms with Gasteiger partial charge in [0, 0.05) is 37.1 Å². The number of thiophene rings is 2. The molecule has 0 atom stereocenters. The van der Waals surface area contributed by atoms with Gasteiger partial charge in [0.15, 0.2) is 0 Å². The summed E-state index contributed by atoms with van der Waals surface area (Å²) in [4.78, 5) is 0. The van der Waals surface area contributed by atoms with Gasteiger partial charge in [-0.2, -0.15) is 0 Å². The lowest BCUT2D eigenvalue weighted by Gasteiger charge is -2.11. The Morgan fingerprint density at radius 2 is 1.22 bits per heavy atom. The maximum atomic E-state index is 2.47. The fourth-order valence-corrected chi connectivity index (χ4v) is 8.79. The first kappa shape index (κ1) is 17.7. The molecule has 0 aliphatic rings. The van der Waals surface area contributed by atoms with Crippen LogP contribution in [0.3, 0.4) is 0 Å². The highest BCUT2D eigenvalue weighted by Crippen LogP contribution is 2.38. The molecule has 0 fully saturated rings. The third kappa shape index (κ3) is 2.85. The largest absolute Gasteiger partial charge is 0.209 e. The van der Waals surface area contributed by atoms with Crippen LogP contribution in [0.15, 0.2) is 52.7 Å². The quantitative estimate of drug-likeness (QED) is 0.160. The molecule has 0 aliphatic carbocycles. The number of rotatable bonds is 2. The molecule has 3 aromatic carbocycles. The molecule has 0 aliphatic heterocycles. The highest BCUT2D eigenvalue weighted by atomic mass is 32.2.